The van der Waals surface area contributed by atoms with Crippen molar-refractivity contribution in [2.24, 2.45) is 28.3 Å². The predicted octanol–water partition coefficient (Wildman–Crippen LogP) is 5.58. The summed E-state index contributed by atoms with van der Waals surface area (Å²) in [5, 5.41) is 9.23. The number of nitrogens with one attached hydrogen (secondary N) is 1. The maximum Gasteiger partial charge on any atom is 0.412 e. The minimum absolute atomic E-state index is 0.0601. The Morgan fingerprint density at radius 1 is 1.10 bits per heavy atom. The van der Waals surface area contributed by atoms with Gasteiger partial charge in [-0.15, -0.1) is 0 Å². The topological polar surface area (TPSA) is 126 Å². The zero-order valence-electron chi connectivity index (χ0n) is 30.4. The maximum atomic E-state index is 14.5. The molecule has 1 aliphatic carbocycles. The number of hydrazone groups is 1. The number of aromatic nitrogens is 1. The van der Waals surface area contributed by atoms with Crippen LogP contribution in [0.25, 0.3) is 0 Å². The number of carbonyl (C=O) groups excluding carboxylic acids is 3. The highest BCUT2D eigenvalue weighted by atomic mass is 16.6. The van der Waals surface area contributed by atoms with Gasteiger partial charge >= 0.3 is 12.1 Å². The standard InChI is InChI=1S/C37H52N6O6/c1-35(2,3)33(45)48-19-17-37-29-16-18-42(30-15-12-26(22-38-30)40-34(46)49-36(4,5)6)31(37)25(21-39-41(7)8)20-28(29)32(44)43(37)23-24-10-13-27(47-9)14-11-24/h10-15,21-22,25,28-29,31H,16-20,23H2,1-9H3,(H,40,46)/b39-21+/t25-,28+,29+,31-,37-/m0/s1. The lowest BCUT2D eigenvalue weighted by molar-refractivity contribution is -0.154. The van der Waals surface area contributed by atoms with Crippen LogP contribution < -0.4 is 15.0 Å². The molecule has 2 saturated heterocycles. The van der Waals surface area contributed by atoms with E-state index in [0.717, 1.165) is 23.6 Å². The van der Waals surface area contributed by atoms with Crippen LogP contribution in [0.15, 0.2) is 47.7 Å². The van der Waals surface area contributed by atoms with Crippen LogP contribution in [0.3, 0.4) is 0 Å². The highest BCUT2D eigenvalue weighted by Crippen LogP contribution is 2.58. The molecule has 5 atom stereocenters. The number of pyridine rings is 1. The van der Waals surface area contributed by atoms with Gasteiger partial charge in [-0.05, 0) is 90.1 Å². The molecule has 266 valence electrons. The summed E-state index contributed by atoms with van der Waals surface area (Å²) in [6.07, 6.45) is 4.96. The number of methoxy groups -OCH3 is 1. The lowest BCUT2D eigenvalue weighted by Gasteiger charge is -2.59. The molecule has 1 aromatic heterocycles. The molecular weight excluding hydrogens is 624 g/mol. The number of ether oxygens (including phenoxy) is 3. The molecule has 3 heterocycles. The number of anilines is 2. The fourth-order valence-corrected chi connectivity index (χ4v) is 7.73. The third-order valence-electron chi connectivity index (χ3n) is 9.70. The quantitative estimate of drug-likeness (QED) is 0.195. The van der Waals surface area contributed by atoms with Crippen LogP contribution >= 0.6 is 0 Å². The van der Waals surface area contributed by atoms with Crippen molar-refractivity contribution in [2.45, 2.75) is 84.5 Å². The lowest BCUT2D eigenvalue weighted by atomic mass is 9.58. The van der Waals surface area contributed by atoms with Crippen molar-refractivity contribution in [1.82, 2.24) is 14.9 Å². The van der Waals surface area contributed by atoms with Crippen LogP contribution in [0.1, 0.15) is 66.4 Å². The van der Waals surface area contributed by atoms with Crippen molar-refractivity contribution in [2.75, 3.05) is 44.6 Å². The van der Waals surface area contributed by atoms with E-state index in [1.54, 1.807) is 18.3 Å². The van der Waals surface area contributed by atoms with Gasteiger partial charge in [-0.1, -0.05) is 12.1 Å². The molecule has 49 heavy (non-hydrogen) atoms. The number of rotatable bonds is 10. The van der Waals surface area contributed by atoms with Crippen LogP contribution in [0.5, 0.6) is 5.75 Å². The van der Waals surface area contributed by atoms with Gasteiger partial charge in [0.15, 0.2) is 0 Å². The largest absolute Gasteiger partial charge is 0.497 e. The predicted molar refractivity (Wildman–Crippen MR) is 188 cm³/mol. The van der Waals surface area contributed by atoms with Gasteiger partial charge in [-0.3, -0.25) is 14.9 Å². The number of hydrogen-bond acceptors (Lipinski definition) is 10. The Kier molecular flexibility index (Phi) is 10.2. The van der Waals surface area contributed by atoms with Gasteiger partial charge in [-0.2, -0.15) is 5.10 Å². The van der Waals surface area contributed by atoms with E-state index in [9.17, 15) is 14.4 Å². The number of likely N-dealkylation sites (tertiary alicyclic amines) is 1. The molecule has 1 saturated carbocycles. The van der Waals surface area contributed by atoms with E-state index in [1.165, 1.54) is 0 Å². The number of hydrogen-bond donors (Lipinski definition) is 1. The number of carbonyl (C=O) groups is 3. The Morgan fingerprint density at radius 2 is 1.82 bits per heavy atom. The van der Waals surface area contributed by atoms with Crippen LogP contribution in [0.2, 0.25) is 0 Å². The molecule has 12 nitrogen and oxygen atoms in total. The first-order valence-corrected chi connectivity index (χ1v) is 17.1. The second-order valence-corrected chi connectivity index (χ2v) is 15.6. The van der Waals surface area contributed by atoms with E-state index in [4.69, 9.17) is 24.3 Å². The van der Waals surface area contributed by atoms with Crippen molar-refractivity contribution in [3.8, 4) is 5.75 Å². The van der Waals surface area contributed by atoms with Gasteiger partial charge in [0, 0.05) is 51.7 Å². The third-order valence-corrected chi connectivity index (χ3v) is 9.70. The molecule has 2 aliphatic heterocycles. The molecule has 0 spiro atoms. The van der Waals surface area contributed by atoms with Crippen molar-refractivity contribution < 1.29 is 28.6 Å². The second kappa shape index (κ2) is 13.9. The molecule has 12 heteroatoms. The molecule has 5 rings (SSSR count). The van der Waals surface area contributed by atoms with E-state index < -0.39 is 22.6 Å². The minimum Gasteiger partial charge on any atom is -0.497 e. The Bertz CT molecular complexity index is 1530. The summed E-state index contributed by atoms with van der Waals surface area (Å²) >= 11 is 0. The molecule has 1 aromatic carbocycles. The normalized spacial score (nSPS) is 25.0. The van der Waals surface area contributed by atoms with E-state index in [-0.39, 0.29) is 42.3 Å². The SMILES string of the molecule is COc1ccc(CN2C(=O)[C@@H]3C[C@@H](/C=N/N(C)C)[C@@H]4N(c5ccc(NC(=O)OC(C)(C)C)cn5)CC[C@H]3[C@@]42CCOC(=O)C(C)(C)C)cc1. The molecular formula is C37H52N6O6. The summed E-state index contributed by atoms with van der Waals surface area (Å²) in [6, 6.07) is 11.3. The molecule has 3 fully saturated rings. The zero-order chi connectivity index (χ0) is 35.7. The van der Waals surface area contributed by atoms with Crippen LogP contribution in [-0.2, 0) is 25.6 Å². The Hall–Kier alpha value is -4.35. The van der Waals surface area contributed by atoms with Gasteiger partial charge in [0.25, 0.3) is 0 Å². The zero-order valence-corrected chi connectivity index (χ0v) is 30.4. The van der Waals surface area contributed by atoms with Crippen molar-refractivity contribution in [3.63, 3.8) is 0 Å². The van der Waals surface area contributed by atoms with Crippen LogP contribution in [0, 0.1) is 23.2 Å². The average molecular weight is 677 g/mol. The molecule has 2 amide bonds. The molecule has 3 aliphatic rings. The molecule has 1 N–H and O–H groups in total. The van der Waals surface area contributed by atoms with Crippen molar-refractivity contribution in [3.05, 3.63) is 48.2 Å². The monoisotopic (exact) mass is 676 g/mol. The Labute approximate surface area is 290 Å². The van der Waals surface area contributed by atoms with Gasteiger partial charge in [0.1, 0.15) is 17.2 Å². The number of esters is 1. The summed E-state index contributed by atoms with van der Waals surface area (Å²) in [5.74, 6) is 1.12. The first-order chi connectivity index (χ1) is 23.0. The van der Waals surface area contributed by atoms with Gasteiger partial charge < -0.3 is 29.0 Å². The molecule has 2 aromatic rings. The molecule has 0 unspecified atom stereocenters. The molecule has 0 radical (unpaired) electrons. The maximum absolute atomic E-state index is 14.5. The summed E-state index contributed by atoms with van der Waals surface area (Å²) in [7, 11) is 5.40. The Balaban J connectivity index is 1.56. The fourth-order valence-electron chi connectivity index (χ4n) is 7.73. The molecule has 4 bridgehead atoms. The van der Waals surface area contributed by atoms with E-state index in [2.05, 4.69) is 15.1 Å². The third kappa shape index (κ3) is 7.63. The van der Waals surface area contributed by atoms with Crippen molar-refractivity contribution in [1.29, 1.82) is 0 Å². The van der Waals surface area contributed by atoms with E-state index >= 15 is 0 Å². The average Bonchev–Trinajstić information content (AvgIpc) is 3.17. The number of amides is 2. The number of benzene rings is 1. The first kappa shape index (κ1) is 35.9. The van der Waals surface area contributed by atoms with E-state index in [0.29, 0.717) is 31.6 Å². The first-order valence-electron chi connectivity index (χ1n) is 17.1. The minimum atomic E-state index is -0.672. The van der Waals surface area contributed by atoms with Gasteiger partial charge in [0.05, 0.1) is 42.6 Å². The van der Waals surface area contributed by atoms with Gasteiger partial charge in [0.2, 0.25) is 5.91 Å². The van der Waals surface area contributed by atoms with Crippen LogP contribution in [0.4, 0.5) is 16.3 Å². The highest BCUT2D eigenvalue weighted by molar-refractivity contribution is 5.87. The summed E-state index contributed by atoms with van der Waals surface area (Å²) in [4.78, 5) is 49.1. The summed E-state index contributed by atoms with van der Waals surface area (Å²) in [6.45, 7) is 12.3. The summed E-state index contributed by atoms with van der Waals surface area (Å²) in [5.41, 5.74) is -0.442. The lowest BCUT2D eigenvalue weighted by Crippen LogP contribution is -2.70. The summed E-state index contributed by atoms with van der Waals surface area (Å²) < 4.78 is 16.7. The van der Waals surface area contributed by atoms with Gasteiger partial charge in [-0.25, -0.2) is 9.78 Å². The Morgan fingerprint density at radius 3 is 2.41 bits per heavy atom. The number of piperidine rings is 1. The van der Waals surface area contributed by atoms with Crippen molar-refractivity contribution >= 4 is 35.7 Å². The highest BCUT2D eigenvalue weighted by Gasteiger charge is 2.69. The number of nitrogens with zero attached hydrogens (tertiary/aromatic N) is 5. The second-order valence-electron chi connectivity index (χ2n) is 15.6. The smallest absolute Gasteiger partial charge is 0.412 e. The van der Waals surface area contributed by atoms with E-state index in [1.807, 2.05) is 98.3 Å². The fraction of sp³-hybridized carbons (Fsp3) is 0.595. The van der Waals surface area contributed by atoms with Crippen LogP contribution in [-0.4, -0.2) is 90.6 Å².